The molecule has 0 amide bonds. The highest BCUT2D eigenvalue weighted by molar-refractivity contribution is 5.83. The highest BCUT2D eigenvalue weighted by Crippen LogP contribution is 2.16. The monoisotopic (exact) mass is 315 g/mol. The topological polar surface area (TPSA) is 92.3 Å². The number of benzene rings is 1. The number of ether oxygens (including phenoxy) is 1. The number of hydrogen-bond donors (Lipinski definition) is 2. The molecule has 2 N–H and O–H groups in total. The summed E-state index contributed by atoms with van der Waals surface area (Å²) in [5.41, 5.74) is 2.99. The lowest BCUT2D eigenvalue weighted by molar-refractivity contribution is 0.304. The maximum absolute atomic E-state index is 11.0. The van der Waals surface area contributed by atoms with Crippen molar-refractivity contribution in [3.63, 3.8) is 0 Å². The molecule has 0 radical (unpaired) electrons. The molecule has 0 unspecified atom stereocenters. The average Bonchev–Trinajstić information content (AvgIpc) is 2.56. The lowest BCUT2D eigenvalue weighted by Gasteiger charge is -2.08. The van der Waals surface area contributed by atoms with Crippen molar-refractivity contribution in [3.05, 3.63) is 46.5 Å². The maximum atomic E-state index is 11.0. The minimum absolute atomic E-state index is 0.281. The third-order valence-corrected chi connectivity index (χ3v) is 3.13. The van der Waals surface area contributed by atoms with Crippen LogP contribution in [0.5, 0.6) is 5.75 Å². The Hall–Kier alpha value is -2.70. The van der Waals surface area contributed by atoms with Gasteiger partial charge in [0.15, 0.2) is 5.82 Å². The van der Waals surface area contributed by atoms with Gasteiger partial charge in [-0.2, -0.15) is 15.2 Å². The molecule has 1 heterocycles. The molecular formula is C16H21N5O2. The summed E-state index contributed by atoms with van der Waals surface area (Å²) in [5, 5.41) is 9.89. The first-order chi connectivity index (χ1) is 11.3. The molecule has 2 aromatic rings. The Balaban J connectivity index is 1.91. The normalized spacial score (nSPS) is 10.8. The molecule has 1 aromatic heterocycles. The van der Waals surface area contributed by atoms with Crippen LogP contribution in [0.1, 0.15) is 38.2 Å². The zero-order valence-electron chi connectivity index (χ0n) is 13.2. The number of unbranched alkanes of at least 4 members (excludes halogenated alkanes) is 3. The predicted molar refractivity (Wildman–Crippen MR) is 89.9 cm³/mol. The second kappa shape index (κ2) is 9.34. The van der Waals surface area contributed by atoms with E-state index in [1.807, 2.05) is 24.3 Å². The Kier molecular flexibility index (Phi) is 6.77. The van der Waals surface area contributed by atoms with Gasteiger partial charge in [0.05, 0.1) is 19.0 Å². The van der Waals surface area contributed by atoms with Gasteiger partial charge in [-0.15, -0.1) is 0 Å². The minimum Gasteiger partial charge on any atom is -0.493 e. The molecule has 7 heteroatoms. The number of aromatic nitrogens is 3. The van der Waals surface area contributed by atoms with Crippen LogP contribution < -0.4 is 15.9 Å². The highest BCUT2D eigenvalue weighted by atomic mass is 16.5. The highest BCUT2D eigenvalue weighted by Gasteiger charge is 2.00. The molecule has 7 nitrogen and oxygen atoms in total. The van der Waals surface area contributed by atoms with Crippen LogP contribution in [0.4, 0.5) is 5.82 Å². The minimum atomic E-state index is -0.527. The summed E-state index contributed by atoms with van der Waals surface area (Å²) >= 11 is 0. The van der Waals surface area contributed by atoms with Crippen LogP contribution in [-0.4, -0.2) is 28.0 Å². The zero-order valence-corrected chi connectivity index (χ0v) is 13.2. The number of nitrogens with one attached hydrogen (secondary N) is 2. The summed E-state index contributed by atoms with van der Waals surface area (Å²) in [6.45, 7) is 2.88. The molecule has 0 saturated heterocycles. The van der Waals surface area contributed by atoms with E-state index in [0.717, 1.165) is 17.7 Å². The fourth-order valence-corrected chi connectivity index (χ4v) is 1.96. The summed E-state index contributed by atoms with van der Waals surface area (Å²) in [6, 6.07) is 7.66. The largest absolute Gasteiger partial charge is 0.493 e. The molecule has 0 fully saturated rings. The number of H-pyrrole nitrogens is 1. The van der Waals surface area contributed by atoms with Crippen molar-refractivity contribution in [1.29, 1.82) is 0 Å². The molecule has 0 saturated carbocycles. The van der Waals surface area contributed by atoms with E-state index in [-0.39, 0.29) is 5.82 Å². The van der Waals surface area contributed by atoms with Crippen LogP contribution in [0.3, 0.4) is 0 Å². The Morgan fingerprint density at radius 1 is 1.30 bits per heavy atom. The van der Waals surface area contributed by atoms with Crippen molar-refractivity contribution in [2.24, 2.45) is 5.10 Å². The van der Waals surface area contributed by atoms with Gasteiger partial charge < -0.3 is 4.74 Å². The van der Waals surface area contributed by atoms with Gasteiger partial charge >= 0.3 is 5.69 Å². The van der Waals surface area contributed by atoms with Crippen LogP contribution in [0.25, 0.3) is 0 Å². The first-order valence-corrected chi connectivity index (χ1v) is 7.72. The molecule has 1 aromatic carbocycles. The maximum Gasteiger partial charge on any atom is 0.363 e. The van der Waals surface area contributed by atoms with E-state index in [9.17, 15) is 4.79 Å². The molecule has 23 heavy (non-hydrogen) atoms. The van der Waals surface area contributed by atoms with Crippen molar-refractivity contribution in [2.45, 2.75) is 32.6 Å². The molecule has 0 aliphatic rings. The van der Waals surface area contributed by atoms with Crippen molar-refractivity contribution < 1.29 is 4.74 Å². The zero-order chi connectivity index (χ0) is 16.3. The molecular weight excluding hydrogens is 294 g/mol. The van der Waals surface area contributed by atoms with Crippen LogP contribution in [0.15, 0.2) is 40.4 Å². The number of para-hydroxylation sites is 1. The Labute approximate surface area is 134 Å². The quantitative estimate of drug-likeness (QED) is 0.421. The van der Waals surface area contributed by atoms with E-state index in [1.54, 1.807) is 6.21 Å². The summed E-state index contributed by atoms with van der Waals surface area (Å²) in [5.74, 6) is 1.06. The van der Waals surface area contributed by atoms with Gasteiger partial charge in [-0.05, 0) is 18.6 Å². The summed E-state index contributed by atoms with van der Waals surface area (Å²) in [4.78, 5) is 14.7. The van der Waals surface area contributed by atoms with E-state index < -0.39 is 5.69 Å². The Morgan fingerprint density at radius 3 is 3.00 bits per heavy atom. The second-order valence-corrected chi connectivity index (χ2v) is 4.99. The molecule has 0 atom stereocenters. The SMILES string of the molecule is CCCCCCOc1ccccc1/C=N/Nc1cn[nH]c(=O)n1. The van der Waals surface area contributed by atoms with Crippen molar-refractivity contribution in [3.8, 4) is 5.75 Å². The molecule has 0 spiro atoms. The number of anilines is 1. The van der Waals surface area contributed by atoms with E-state index in [0.29, 0.717) is 6.61 Å². The van der Waals surface area contributed by atoms with Gasteiger partial charge in [-0.25, -0.2) is 9.89 Å². The van der Waals surface area contributed by atoms with Gasteiger partial charge in [0.25, 0.3) is 0 Å². The Bertz CT molecular complexity index is 684. The smallest absolute Gasteiger partial charge is 0.363 e. The van der Waals surface area contributed by atoms with E-state index >= 15 is 0 Å². The van der Waals surface area contributed by atoms with Crippen LogP contribution >= 0.6 is 0 Å². The van der Waals surface area contributed by atoms with Gasteiger partial charge in [0.2, 0.25) is 0 Å². The van der Waals surface area contributed by atoms with E-state index in [4.69, 9.17) is 4.74 Å². The summed E-state index contributed by atoms with van der Waals surface area (Å²) in [7, 11) is 0. The van der Waals surface area contributed by atoms with Crippen molar-refractivity contribution in [1.82, 2.24) is 15.2 Å². The lowest BCUT2D eigenvalue weighted by atomic mass is 10.2. The fourth-order valence-electron chi connectivity index (χ4n) is 1.96. The lowest BCUT2D eigenvalue weighted by Crippen LogP contribution is -2.13. The van der Waals surface area contributed by atoms with Crippen molar-refractivity contribution in [2.75, 3.05) is 12.0 Å². The Morgan fingerprint density at radius 2 is 2.17 bits per heavy atom. The third-order valence-electron chi connectivity index (χ3n) is 3.13. The van der Waals surface area contributed by atoms with Crippen LogP contribution in [0.2, 0.25) is 0 Å². The number of rotatable bonds is 9. The number of nitrogens with zero attached hydrogens (tertiary/aromatic N) is 3. The van der Waals surface area contributed by atoms with Crippen molar-refractivity contribution >= 4 is 12.0 Å². The first-order valence-electron chi connectivity index (χ1n) is 7.72. The predicted octanol–water partition coefficient (Wildman–Crippen LogP) is 2.57. The molecule has 0 aliphatic carbocycles. The van der Waals surface area contributed by atoms with Gasteiger partial charge in [0.1, 0.15) is 5.75 Å². The number of hydrogen-bond acceptors (Lipinski definition) is 6. The van der Waals surface area contributed by atoms with E-state index in [1.165, 1.54) is 25.5 Å². The summed E-state index contributed by atoms with van der Waals surface area (Å²) in [6.07, 6.45) is 7.67. The molecule has 0 aliphatic heterocycles. The number of hydrazone groups is 1. The second-order valence-electron chi connectivity index (χ2n) is 4.99. The number of aromatic amines is 1. The molecule has 122 valence electrons. The first kappa shape index (κ1) is 16.7. The fraction of sp³-hybridized carbons (Fsp3) is 0.375. The summed E-state index contributed by atoms with van der Waals surface area (Å²) < 4.78 is 5.80. The average molecular weight is 315 g/mol. The molecule has 2 rings (SSSR count). The van der Waals surface area contributed by atoms with Gasteiger partial charge in [0, 0.05) is 5.56 Å². The molecule has 0 bridgehead atoms. The van der Waals surface area contributed by atoms with E-state index in [2.05, 4.69) is 32.6 Å². The standard InChI is InChI=1S/C16H21N5O2/c1-2-3-4-7-10-23-14-9-6-5-8-13(14)11-17-20-15-12-18-21-16(22)19-15/h5-6,8-9,11-12H,2-4,7,10H2,1H3,(H2,19,20,21,22)/b17-11+. The van der Waals surface area contributed by atoms with Crippen LogP contribution in [-0.2, 0) is 0 Å². The van der Waals surface area contributed by atoms with Gasteiger partial charge in [-0.3, -0.25) is 5.43 Å². The van der Waals surface area contributed by atoms with Gasteiger partial charge in [-0.1, -0.05) is 38.3 Å². The van der Waals surface area contributed by atoms with Crippen LogP contribution in [0, 0.1) is 0 Å². The third kappa shape index (κ3) is 5.90.